The minimum atomic E-state index is -0.0439. The Hall–Kier alpha value is -1.95. The van der Waals surface area contributed by atoms with Gasteiger partial charge in [0.05, 0.1) is 12.1 Å². The van der Waals surface area contributed by atoms with Gasteiger partial charge in [-0.25, -0.2) is 9.97 Å². The number of likely N-dealkylation sites (tertiary alicyclic amines) is 1. The van der Waals surface area contributed by atoms with E-state index in [0.29, 0.717) is 12.6 Å². The molecule has 2 aromatic rings. The molecule has 0 N–H and O–H groups in total. The molecule has 1 amide bonds. The normalized spacial score (nSPS) is 18.3. The van der Waals surface area contributed by atoms with E-state index in [0.717, 1.165) is 36.3 Å². The molecule has 1 fully saturated rings. The minimum Gasteiger partial charge on any atom is -0.458 e. The maximum Gasteiger partial charge on any atom is 0.317 e. The number of aromatic nitrogens is 2. The molecule has 3 heterocycles. The molecule has 0 radical (unpaired) electrons. The molecule has 0 aliphatic carbocycles. The first kappa shape index (κ1) is 15.0. The molecule has 0 spiro atoms. The Bertz CT molecular complexity index is 637. The molecular weight excluding hydrogens is 298 g/mol. The monoisotopic (exact) mass is 317 g/mol. The van der Waals surface area contributed by atoms with Crippen molar-refractivity contribution in [2.45, 2.75) is 32.8 Å². The van der Waals surface area contributed by atoms with Crippen LogP contribution < -0.4 is 4.74 Å². The molecule has 5 nitrogen and oxygen atoms in total. The van der Waals surface area contributed by atoms with Crippen molar-refractivity contribution in [2.75, 3.05) is 13.1 Å². The van der Waals surface area contributed by atoms with Gasteiger partial charge in [0.15, 0.2) is 0 Å². The highest BCUT2D eigenvalue weighted by atomic mass is 32.1. The van der Waals surface area contributed by atoms with Gasteiger partial charge in [0.1, 0.15) is 6.10 Å². The van der Waals surface area contributed by atoms with Crippen molar-refractivity contribution in [3.8, 4) is 6.01 Å². The number of carbonyl (C=O) groups is 1. The van der Waals surface area contributed by atoms with Gasteiger partial charge in [-0.3, -0.25) is 4.79 Å². The summed E-state index contributed by atoms with van der Waals surface area (Å²) in [6.45, 7) is 5.22. The minimum absolute atomic E-state index is 0.0439. The molecule has 116 valence electrons. The second-order valence-electron chi connectivity index (χ2n) is 5.58. The fourth-order valence-corrected chi connectivity index (χ4v) is 3.31. The SMILES string of the molecule is Cc1cc(C)nc(OC2CCCN(C(=O)c3ccsc3)C2)n1. The Labute approximate surface area is 134 Å². The smallest absolute Gasteiger partial charge is 0.317 e. The number of aryl methyl sites for hydroxylation is 2. The van der Waals surface area contributed by atoms with Crippen LogP contribution in [0.5, 0.6) is 6.01 Å². The van der Waals surface area contributed by atoms with Crippen molar-refractivity contribution in [1.82, 2.24) is 14.9 Å². The van der Waals surface area contributed by atoms with Crippen molar-refractivity contribution < 1.29 is 9.53 Å². The van der Waals surface area contributed by atoms with E-state index in [-0.39, 0.29) is 12.0 Å². The molecule has 0 saturated carbocycles. The number of amides is 1. The Kier molecular flexibility index (Phi) is 4.38. The third kappa shape index (κ3) is 3.44. The van der Waals surface area contributed by atoms with Gasteiger partial charge in [0.2, 0.25) is 0 Å². The lowest BCUT2D eigenvalue weighted by atomic mass is 10.1. The van der Waals surface area contributed by atoms with Crippen LogP contribution in [-0.4, -0.2) is 40.0 Å². The molecule has 3 rings (SSSR count). The number of hydrogen-bond acceptors (Lipinski definition) is 5. The van der Waals surface area contributed by atoms with E-state index in [2.05, 4.69) is 9.97 Å². The summed E-state index contributed by atoms with van der Waals surface area (Å²) < 4.78 is 5.90. The average Bonchev–Trinajstić information content (AvgIpc) is 3.00. The van der Waals surface area contributed by atoms with Crippen molar-refractivity contribution in [3.63, 3.8) is 0 Å². The van der Waals surface area contributed by atoms with Crippen LogP contribution in [0.2, 0.25) is 0 Å². The first-order valence-corrected chi connectivity index (χ1v) is 8.36. The van der Waals surface area contributed by atoms with Gasteiger partial charge in [0, 0.05) is 23.3 Å². The molecule has 0 aromatic carbocycles. The summed E-state index contributed by atoms with van der Waals surface area (Å²) in [4.78, 5) is 22.9. The molecular formula is C16H19N3O2S. The van der Waals surface area contributed by atoms with E-state index < -0.39 is 0 Å². The highest BCUT2D eigenvalue weighted by molar-refractivity contribution is 7.08. The Balaban J connectivity index is 1.66. The van der Waals surface area contributed by atoms with Crippen LogP contribution in [0.25, 0.3) is 0 Å². The number of thiophene rings is 1. The van der Waals surface area contributed by atoms with Crippen LogP contribution >= 0.6 is 11.3 Å². The molecule has 0 bridgehead atoms. The number of ether oxygens (including phenoxy) is 1. The molecule has 1 aliphatic rings. The van der Waals surface area contributed by atoms with Gasteiger partial charge in [-0.1, -0.05) is 0 Å². The summed E-state index contributed by atoms with van der Waals surface area (Å²) in [6.07, 6.45) is 1.81. The standard InChI is InChI=1S/C16H19N3O2S/c1-11-8-12(2)18-16(17-11)21-14-4-3-6-19(9-14)15(20)13-5-7-22-10-13/h5,7-8,10,14H,3-4,6,9H2,1-2H3. The van der Waals surface area contributed by atoms with Crippen LogP contribution in [0.15, 0.2) is 22.9 Å². The van der Waals surface area contributed by atoms with Gasteiger partial charge in [-0.15, -0.1) is 0 Å². The molecule has 1 unspecified atom stereocenters. The summed E-state index contributed by atoms with van der Waals surface area (Å²) in [5, 5.41) is 3.81. The Morgan fingerprint density at radius 2 is 2.14 bits per heavy atom. The zero-order chi connectivity index (χ0) is 15.5. The van der Waals surface area contributed by atoms with Crippen LogP contribution in [0.4, 0.5) is 0 Å². The lowest BCUT2D eigenvalue weighted by molar-refractivity contribution is 0.0515. The maximum absolute atomic E-state index is 12.4. The van der Waals surface area contributed by atoms with Crippen molar-refractivity contribution in [3.05, 3.63) is 39.8 Å². The van der Waals surface area contributed by atoms with E-state index >= 15 is 0 Å². The van der Waals surface area contributed by atoms with Crippen molar-refractivity contribution >= 4 is 17.2 Å². The number of nitrogens with zero attached hydrogens (tertiary/aromatic N) is 3. The molecule has 6 heteroatoms. The van der Waals surface area contributed by atoms with Gasteiger partial charge < -0.3 is 9.64 Å². The summed E-state index contributed by atoms with van der Waals surface area (Å²) in [6, 6.07) is 4.19. The van der Waals surface area contributed by atoms with Crippen LogP contribution in [-0.2, 0) is 0 Å². The van der Waals surface area contributed by atoms with Crippen LogP contribution in [0, 0.1) is 13.8 Å². The van der Waals surface area contributed by atoms with Crippen LogP contribution in [0.3, 0.4) is 0 Å². The highest BCUT2D eigenvalue weighted by Crippen LogP contribution is 2.19. The zero-order valence-electron chi connectivity index (χ0n) is 12.8. The van der Waals surface area contributed by atoms with Gasteiger partial charge in [-0.2, -0.15) is 11.3 Å². The molecule has 1 saturated heterocycles. The Morgan fingerprint density at radius 1 is 1.36 bits per heavy atom. The van der Waals surface area contributed by atoms with Gasteiger partial charge >= 0.3 is 6.01 Å². The topological polar surface area (TPSA) is 55.3 Å². The van der Waals surface area contributed by atoms with Gasteiger partial charge in [-0.05, 0) is 44.2 Å². The van der Waals surface area contributed by atoms with E-state index in [1.807, 2.05) is 41.6 Å². The fourth-order valence-electron chi connectivity index (χ4n) is 2.68. The third-order valence-electron chi connectivity index (χ3n) is 3.67. The second kappa shape index (κ2) is 6.44. The maximum atomic E-state index is 12.4. The second-order valence-corrected chi connectivity index (χ2v) is 6.36. The summed E-state index contributed by atoms with van der Waals surface area (Å²) in [7, 11) is 0. The fraction of sp³-hybridized carbons (Fsp3) is 0.438. The first-order chi connectivity index (χ1) is 10.6. The van der Waals surface area contributed by atoms with E-state index in [4.69, 9.17) is 4.74 Å². The average molecular weight is 317 g/mol. The number of rotatable bonds is 3. The predicted molar refractivity (Wildman–Crippen MR) is 85.4 cm³/mol. The van der Waals surface area contributed by atoms with Gasteiger partial charge in [0.25, 0.3) is 5.91 Å². The third-order valence-corrected chi connectivity index (χ3v) is 4.35. The molecule has 1 atom stereocenters. The largest absolute Gasteiger partial charge is 0.458 e. The van der Waals surface area contributed by atoms with E-state index in [1.165, 1.54) is 11.3 Å². The lowest BCUT2D eigenvalue weighted by Gasteiger charge is -2.32. The van der Waals surface area contributed by atoms with Crippen LogP contribution in [0.1, 0.15) is 34.6 Å². The zero-order valence-corrected chi connectivity index (χ0v) is 13.6. The predicted octanol–water partition coefficient (Wildman–Crippen LogP) is 2.84. The summed E-state index contributed by atoms with van der Waals surface area (Å²) >= 11 is 1.54. The number of carbonyl (C=O) groups excluding carboxylic acids is 1. The summed E-state index contributed by atoms with van der Waals surface area (Å²) in [5.74, 6) is 0.0795. The quantitative estimate of drug-likeness (QED) is 0.873. The molecule has 2 aromatic heterocycles. The van der Waals surface area contributed by atoms with E-state index in [1.54, 1.807) is 0 Å². The summed E-state index contributed by atoms with van der Waals surface area (Å²) in [5.41, 5.74) is 2.54. The van der Waals surface area contributed by atoms with Crippen molar-refractivity contribution in [1.29, 1.82) is 0 Å². The molecule has 22 heavy (non-hydrogen) atoms. The number of piperidine rings is 1. The highest BCUT2D eigenvalue weighted by Gasteiger charge is 2.26. The number of hydrogen-bond donors (Lipinski definition) is 0. The molecule has 1 aliphatic heterocycles. The van der Waals surface area contributed by atoms with E-state index in [9.17, 15) is 4.79 Å². The first-order valence-electron chi connectivity index (χ1n) is 7.42. The Morgan fingerprint density at radius 3 is 2.82 bits per heavy atom. The van der Waals surface area contributed by atoms with Crippen molar-refractivity contribution in [2.24, 2.45) is 0 Å². The lowest BCUT2D eigenvalue weighted by Crippen LogP contribution is -2.44.